The van der Waals surface area contributed by atoms with Crippen LogP contribution in [-0.4, -0.2) is 29.5 Å². The third kappa shape index (κ3) is 3.52. The van der Waals surface area contributed by atoms with Gasteiger partial charge in [0.1, 0.15) is 0 Å². The van der Waals surface area contributed by atoms with Crippen molar-refractivity contribution in [2.75, 3.05) is 18.0 Å². The Labute approximate surface area is 147 Å². The summed E-state index contributed by atoms with van der Waals surface area (Å²) < 4.78 is 0. The van der Waals surface area contributed by atoms with E-state index >= 15 is 0 Å². The van der Waals surface area contributed by atoms with Crippen molar-refractivity contribution in [3.63, 3.8) is 0 Å². The van der Waals surface area contributed by atoms with Gasteiger partial charge in [0.25, 0.3) is 0 Å². The van der Waals surface area contributed by atoms with Crippen LogP contribution in [0.15, 0.2) is 23.6 Å². The van der Waals surface area contributed by atoms with E-state index in [0.717, 1.165) is 41.3 Å². The van der Waals surface area contributed by atoms with Crippen molar-refractivity contribution in [1.82, 2.24) is 10.3 Å². The Kier molecular flexibility index (Phi) is 4.74. The average Bonchev–Trinajstić information content (AvgIpc) is 3.18. The summed E-state index contributed by atoms with van der Waals surface area (Å²) in [6.45, 7) is 9.55. The van der Waals surface area contributed by atoms with Gasteiger partial charge in [0.05, 0.1) is 17.2 Å². The van der Waals surface area contributed by atoms with Crippen molar-refractivity contribution in [2.24, 2.45) is 0 Å². The largest absolute Gasteiger partial charge is 0.311 e. The molecule has 2 aromatic rings. The van der Waals surface area contributed by atoms with E-state index in [9.17, 15) is 4.79 Å². The molecule has 0 bridgehead atoms. The van der Waals surface area contributed by atoms with Crippen LogP contribution >= 0.6 is 11.3 Å². The van der Waals surface area contributed by atoms with Crippen LogP contribution in [0.1, 0.15) is 37.8 Å². The van der Waals surface area contributed by atoms with Gasteiger partial charge in [-0.15, -0.1) is 11.3 Å². The Balaban J connectivity index is 1.74. The van der Waals surface area contributed by atoms with Gasteiger partial charge < -0.3 is 10.2 Å². The number of fused-ring (bicyclic) bond motifs is 1. The number of carbonyl (C=O) groups excluding carboxylic acids is 1. The van der Waals surface area contributed by atoms with Gasteiger partial charge in [-0.05, 0) is 51.3 Å². The SMILES string of the molecule is CCC(C)(C)NCC(=O)N1CCc2cc(-c3csc(C)n3)ccc21. The number of rotatable bonds is 5. The molecule has 1 amide bonds. The summed E-state index contributed by atoms with van der Waals surface area (Å²) in [4.78, 5) is 19.0. The fourth-order valence-corrected chi connectivity index (χ4v) is 3.47. The molecular weight excluding hydrogens is 318 g/mol. The molecule has 1 aliphatic heterocycles. The smallest absolute Gasteiger partial charge is 0.240 e. The van der Waals surface area contributed by atoms with Crippen molar-refractivity contribution in [3.8, 4) is 11.3 Å². The van der Waals surface area contributed by atoms with E-state index in [1.165, 1.54) is 5.56 Å². The molecule has 1 aliphatic rings. The number of aryl methyl sites for hydroxylation is 1. The number of thiazole rings is 1. The molecule has 3 rings (SSSR count). The maximum Gasteiger partial charge on any atom is 0.240 e. The molecule has 0 radical (unpaired) electrons. The molecule has 0 atom stereocenters. The van der Waals surface area contributed by atoms with Gasteiger partial charge in [-0.3, -0.25) is 4.79 Å². The molecule has 24 heavy (non-hydrogen) atoms. The van der Waals surface area contributed by atoms with E-state index in [1.807, 2.05) is 11.8 Å². The van der Waals surface area contributed by atoms with Crippen molar-refractivity contribution in [1.29, 1.82) is 0 Å². The summed E-state index contributed by atoms with van der Waals surface area (Å²) in [6, 6.07) is 6.32. The van der Waals surface area contributed by atoms with Gasteiger partial charge in [-0.25, -0.2) is 4.98 Å². The molecule has 0 saturated heterocycles. The number of nitrogens with zero attached hydrogens (tertiary/aromatic N) is 2. The van der Waals surface area contributed by atoms with Crippen LogP contribution < -0.4 is 10.2 Å². The summed E-state index contributed by atoms with van der Waals surface area (Å²) in [6.07, 6.45) is 1.91. The van der Waals surface area contributed by atoms with Crippen molar-refractivity contribution in [2.45, 2.75) is 46.1 Å². The lowest BCUT2D eigenvalue weighted by molar-refractivity contribution is -0.118. The van der Waals surface area contributed by atoms with Crippen molar-refractivity contribution in [3.05, 3.63) is 34.2 Å². The molecule has 0 fully saturated rings. The second kappa shape index (κ2) is 6.65. The van der Waals surface area contributed by atoms with Crippen LogP contribution in [0.25, 0.3) is 11.3 Å². The summed E-state index contributed by atoms with van der Waals surface area (Å²) in [5.74, 6) is 0.146. The lowest BCUT2D eigenvalue weighted by atomic mass is 10.0. The van der Waals surface area contributed by atoms with Crippen LogP contribution in [0.4, 0.5) is 5.69 Å². The number of anilines is 1. The van der Waals surface area contributed by atoms with Gasteiger partial charge in [-0.2, -0.15) is 0 Å². The van der Waals surface area contributed by atoms with E-state index in [-0.39, 0.29) is 11.4 Å². The zero-order valence-corrected chi connectivity index (χ0v) is 15.7. The third-order valence-corrected chi connectivity index (χ3v) is 5.57. The fraction of sp³-hybridized carbons (Fsp3) is 0.474. The lowest BCUT2D eigenvalue weighted by Crippen LogP contribution is -2.46. The van der Waals surface area contributed by atoms with E-state index in [4.69, 9.17) is 0 Å². The minimum atomic E-state index is -0.00937. The second-order valence-electron chi connectivity index (χ2n) is 6.98. The number of benzene rings is 1. The molecule has 1 N–H and O–H groups in total. The van der Waals surface area contributed by atoms with E-state index < -0.39 is 0 Å². The highest BCUT2D eigenvalue weighted by molar-refractivity contribution is 7.09. The Morgan fingerprint density at radius 2 is 2.21 bits per heavy atom. The van der Waals surface area contributed by atoms with Gasteiger partial charge in [0, 0.05) is 28.7 Å². The number of carbonyl (C=O) groups is 1. The zero-order valence-electron chi connectivity index (χ0n) is 14.8. The molecule has 1 aromatic carbocycles. The first-order valence-electron chi connectivity index (χ1n) is 8.50. The second-order valence-corrected chi connectivity index (χ2v) is 8.04. The Hall–Kier alpha value is -1.72. The van der Waals surface area contributed by atoms with Crippen molar-refractivity contribution >= 4 is 22.9 Å². The summed E-state index contributed by atoms with van der Waals surface area (Å²) in [5, 5.41) is 6.52. The molecule has 0 unspecified atom stereocenters. The summed E-state index contributed by atoms with van der Waals surface area (Å²) in [5.41, 5.74) is 4.44. The molecule has 128 valence electrons. The standard InChI is InChI=1S/C19H25N3OS/c1-5-19(3,4)20-11-18(23)22-9-8-15-10-14(6-7-17(15)22)16-12-24-13(2)21-16/h6-7,10,12,20H,5,8-9,11H2,1-4H3. The quantitative estimate of drug-likeness (QED) is 0.898. The molecule has 0 spiro atoms. The van der Waals surface area contributed by atoms with E-state index in [0.29, 0.717) is 6.54 Å². The normalized spacial score (nSPS) is 14.1. The van der Waals surface area contributed by atoms with Gasteiger partial charge in [-0.1, -0.05) is 13.0 Å². The Morgan fingerprint density at radius 3 is 2.88 bits per heavy atom. The number of nitrogens with one attached hydrogen (secondary N) is 1. The Morgan fingerprint density at radius 1 is 1.42 bits per heavy atom. The summed E-state index contributed by atoms with van der Waals surface area (Å²) >= 11 is 1.67. The summed E-state index contributed by atoms with van der Waals surface area (Å²) in [7, 11) is 0. The predicted molar refractivity (Wildman–Crippen MR) is 101 cm³/mol. The maximum atomic E-state index is 12.6. The Bertz CT molecular complexity index is 751. The number of hydrogen-bond acceptors (Lipinski definition) is 4. The minimum Gasteiger partial charge on any atom is -0.311 e. The first-order valence-corrected chi connectivity index (χ1v) is 9.38. The molecule has 0 saturated carbocycles. The minimum absolute atomic E-state index is 0.00937. The monoisotopic (exact) mass is 343 g/mol. The van der Waals surface area contributed by atoms with Crippen LogP contribution in [0.2, 0.25) is 0 Å². The lowest BCUT2D eigenvalue weighted by Gasteiger charge is -2.26. The van der Waals surface area contributed by atoms with Crippen LogP contribution in [0.3, 0.4) is 0 Å². The first-order chi connectivity index (χ1) is 11.4. The van der Waals surface area contributed by atoms with Crippen LogP contribution in [0, 0.1) is 6.92 Å². The van der Waals surface area contributed by atoms with Gasteiger partial charge in [0.15, 0.2) is 0 Å². The maximum absolute atomic E-state index is 12.6. The molecule has 1 aromatic heterocycles. The molecule has 0 aliphatic carbocycles. The number of amides is 1. The van der Waals surface area contributed by atoms with Crippen molar-refractivity contribution < 1.29 is 4.79 Å². The van der Waals surface area contributed by atoms with Crippen LogP contribution in [0.5, 0.6) is 0 Å². The zero-order chi connectivity index (χ0) is 17.3. The number of aromatic nitrogens is 1. The molecule has 5 heteroatoms. The highest BCUT2D eigenvalue weighted by atomic mass is 32.1. The van der Waals surface area contributed by atoms with Gasteiger partial charge in [0.2, 0.25) is 5.91 Å². The molecular formula is C19H25N3OS. The highest BCUT2D eigenvalue weighted by Gasteiger charge is 2.26. The van der Waals surface area contributed by atoms with Gasteiger partial charge >= 0.3 is 0 Å². The molecule has 2 heterocycles. The van der Waals surface area contributed by atoms with E-state index in [1.54, 1.807) is 11.3 Å². The highest BCUT2D eigenvalue weighted by Crippen LogP contribution is 2.32. The first kappa shape index (κ1) is 17.1. The predicted octanol–water partition coefficient (Wildman–Crippen LogP) is 3.79. The number of hydrogen-bond donors (Lipinski definition) is 1. The van der Waals surface area contributed by atoms with E-state index in [2.05, 4.69) is 54.7 Å². The fourth-order valence-electron chi connectivity index (χ4n) is 2.85. The topological polar surface area (TPSA) is 45.2 Å². The third-order valence-electron chi connectivity index (χ3n) is 4.79. The molecule has 4 nitrogen and oxygen atoms in total. The van der Waals surface area contributed by atoms with Crippen LogP contribution in [-0.2, 0) is 11.2 Å². The average molecular weight is 343 g/mol.